The van der Waals surface area contributed by atoms with Crippen LogP contribution >= 0.6 is 24.8 Å². The van der Waals surface area contributed by atoms with E-state index in [1.807, 2.05) is 23.5 Å². The first-order valence-corrected chi connectivity index (χ1v) is 18.0. The van der Waals surface area contributed by atoms with Crippen molar-refractivity contribution in [2.45, 2.75) is 0 Å². The van der Waals surface area contributed by atoms with Crippen LogP contribution in [0.25, 0.3) is 114 Å². The van der Waals surface area contributed by atoms with Gasteiger partial charge in [-0.25, -0.2) is 9.97 Å². The Hall–Kier alpha value is -6.21. The van der Waals surface area contributed by atoms with Gasteiger partial charge in [0.2, 0.25) is 5.95 Å². The monoisotopic (exact) mass is 701 g/mol. The Bertz CT molecular complexity index is 3440. The second-order valence-electron chi connectivity index (χ2n) is 13.3. The van der Waals surface area contributed by atoms with Crippen LogP contribution in [-0.4, -0.2) is 14.5 Å². The Labute approximate surface area is 307 Å². The number of benzene rings is 8. The number of nitrogens with zero attached hydrogens (tertiary/aromatic N) is 3. The van der Waals surface area contributed by atoms with E-state index in [4.69, 9.17) is 14.4 Å². The smallest absolute Gasteiger partial charge is 0.235 e. The van der Waals surface area contributed by atoms with Gasteiger partial charge in [0.25, 0.3) is 0 Å². The summed E-state index contributed by atoms with van der Waals surface area (Å²) in [6, 6.07) is 53.9. The molecular formula is C46H27N3OS2. The highest BCUT2D eigenvalue weighted by molar-refractivity contribution is 7.59. The number of para-hydroxylation sites is 2. The Morgan fingerprint density at radius 3 is 2.08 bits per heavy atom. The van der Waals surface area contributed by atoms with Gasteiger partial charge in [0.1, 0.15) is 11.2 Å². The molecule has 0 saturated carbocycles. The summed E-state index contributed by atoms with van der Waals surface area (Å²) in [5.74, 6) is 0.636. The fraction of sp³-hybridized carbons (Fsp3) is 0. The fourth-order valence-corrected chi connectivity index (χ4v) is 9.61. The highest BCUT2D eigenvalue weighted by atomic mass is 32.1. The number of furan rings is 1. The van der Waals surface area contributed by atoms with Gasteiger partial charge in [0.15, 0.2) is 0 Å². The summed E-state index contributed by atoms with van der Waals surface area (Å²) in [5.41, 5.74) is 6.75. The average Bonchev–Trinajstić information content (AvgIpc) is 3.86. The summed E-state index contributed by atoms with van der Waals surface area (Å²) in [6.45, 7) is 0. The predicted molar refractivity (Wildman–Crippen MR) is 225 cm³/mol. The lowest BCUT2D eigenvalue weighted by molar-refractivity contribution is 0.669. The number of hydrogen-bond donors (Lipinski definition) is 0. The van der Waals surface area contributed by atoms with E-state index in [1.165, 1.54) is 47.1 Å². The van der Waals surface area contributed by atoms with Crippen LogP contribution in [0.15, 0.2) is 156 Å². The molecule has 0 fully saturated rings. The fourth-order valence-electron chi connectivity index (χ4n) is 8.44. The van der Waals surface area contributed by atoms with Crippen molar-refractivity contribution in [3.05, 3.63) is 152 Å². The normalized spacial score (nSPS) is 12.1. The van der Waals surface area contributed by atoms with Gasteiger partial charge in [0.05, 0.1) is 27.6 Å². The first-order valence-electron chi connectivity index (χ1n) is 17.2. The minimum atomic E-state index is 0. The van der Waals surface area contributed by atoms with Gasteiger partial charge in [-0.1, -0.05) is 109 Å². The predicted octanol–water partition coefficient (Wildman–Crippen LogP) is 13.1. The van der Waals surface area contributed by atoms with Gasteiger partial charge in [-0.3, -0.25) is 4.57 Å². The molecule has 4 nitrogen and oxygen atoms in total. The summed E-state index contributed by atoms with van der Waals surface area (Å²) >= 11 is 1.84. The van der Waals surface area contributed by atoms with Crippen LogP contribution in [0.3, 0.4) is 0 Å². The molecule has 0 atom stereocenters. The summed E-state index contributed by atoms with van der Waals surface area (Å²) in [6.07, 6.45) is 0. The van der Waals surface area contributed by atoms with E-state index in [0.717, 1.165) is 60.5 Å². The number of hydrogen-bond acceptors (Lipinski definition) is 4. The molecule has 8 aromatic carbocycles. The van der Waals surface area contributed by atoms with Crippen molar-refractivity contribution < 1.29 is 4.42 Å². The second kappa shape index (κ2) is 10.9. The lowest BCUT2D eigenvalue weighted by atomic mass is 9.96. The van der Waals surface area contributed by atoms with Gasteiger partial charge < -0.3 is 4.42 Å². The van der Waals surface area contributed by atoms with E-state index in [1.54, 1.807) is 0 Å². The van der Waals surface area contributed by atoms with Crippen LogP contribution in [0.4, 0.5) is 0 Å². The molecular weight excluding hydrogens is 675 g/mol. The van der Waals surface area contributed by atoms with Gasteiger partial charge in [-0.2, -0.15) is 13.5 Å². The third-order valence-electron chi connectivity index (χ3n) is 10.6. The van der Waals surface area contributed by atoms with E-state index in [9.17, 15) is 0 Å². The van der Waals surface area contributed by atoms with Crippen LogP contribution in [0.1, 0.15) is 0 Å². The molecule has 0 bridgehead atoms. The third-order valence-corrected chi connectivity index (χ3v) is 11.7. The number of aromatic nitrogens is 3. The molecule has 12 rings (SSSR count). The lowest BCUT2D eigenvalue weighted by Gasteiger charge is -2.14. The molecule has 0 unspecified atom stereocenters. The highest BCUT2D eigenvalue weighted by Gasteiger charge is 2.24. The first-order chi connectivity index (χ1) is 25.3. The second-order valence-corrected chi connectivity index (χ2v) is 14.4. The molecule has 6 heteroatoms. The zero-order chi connectivity index (χ0) is 33.2. The summed E-state index contributed by atoms with van der Waals surface area (Å²) in [7, 11) is 0. The van der Waals surface area contributed by atoms with Gasteiger partial charge in [-0.05, 0) is 64.0 Å². The number of fused-ring (bicyclic) bond motifs is 15. The maximum atomic E-state index is 6.46. The van der Waals surface area contributed by atoms with E-state index < -0.39 is 0 Å². The zero-order valence-corrected chi connectivity index (χ0v) is 29.4. The van der Waals surface area contributed by atoms with Gasteiger partial charge in [-0.15, -0.1) is 11.3 Å². The molecule has 0 aliphatic carbocycles. The maximum absolute atomic E-state index is 6.46. The minimum Gasteiger partial charge on any atom is -0.456 e. The lowest BCUT2D eigenvalue weighted by Crippen LogP contribution is -2.04. The summed E-state index contributed by atoms with van der Waals surface area (Å²) in [5, 5.41) is 12.9. The van der Waals surface area contributed by atoms with Crippen molar-refractivity contribution in [1.82, 2.24) is 14.5 Å². The minimum absolute atomic E-state index is 0. The standard InChI is InChI=1S/C46H25N3OS.H2S/c1-2-12-27-26(11-1)21-23-36-41(27)33-22-24-38-43(31-16-6-9-19-37(31)50-38)45(33)49(36)46-47-35-18-8-5-15-30(35)44(48-46)34-25-40-42(29-14-4-3-13-28(29)34)32-17-7-10-20-39(32)51-40;/h1-25H;1H2. The van der Waals surface area contributed by atoms with Crippen molar-refractivity contribution in [2.24, 2.45) is 0 Å². The van der Waals surface area contributed by atoms with Crippen LogP contribution in [-0.2, 0) is 0 Å². The van der Waals surface area contributed by atoms with Crippen molar-refractivity contribution >= 4 is 121 Å². The van der Waals surface area contributed by atoms with Crippen molar-refractivity contribution in [1.29, 1.82) is 0 Å². The largest absolute Gasteiger partial charge is 0.456 e. The molecule has 4 heterocycles. The van der Waals surface area contributed by atoms with Crippen molar-refractivity contribution in [3.63, 3.8) is 0 Å². The average molecular weight is 702 g/mol. The van der Waals surface area contributed by atoms with E-state index >= 15 is 0 Å². The maximum Gasteiger partial charge on any atom is 0.235 e. The zero-order valence-electron chi connectivity index (χ0n) is 27.6. The molecule has 0 spiro atoms. The summed E-state index contributed by atoms with van der Waals surface area (Å²) in [4.78, 5) is 11.0. The molecule has 0 aliphatic rings. The Balaban J connectivity index is 0.00000320. The van der Waals surface area contributed by atoms with Gasteiger partial charge >= 0.3 is 0 Å². The SMILES string of the molecule is S.c1ccc2c(c1)ccc1c2c2ccc3oc4ccccc4c3c2n1-c1nc(-c2cc3sc4ccccc4c3c3ccccc23)c2ccccc2n1. The molecule has 0 aliphatic heterocycles. The van der Waals surface area contributed by atoms with E-state index in [0.29, 0.717) is 5.95 Å². The first kappa shape index (κ1) is 29.5. The van der Waals surface area contributed by atoms with Crippen molar-refractivity contribution in [3.8, 4) is 17.2 Å². The van der Waals surface area contributed by atoms with E-state index in [2.05, 4.69) is 144 Å². The number of rotatable bonds is 2. The molecule has 0 saturated heterocycles. The number of thiophene rings is 1. The molecule has 52 heavy (non-hydrogen) atoms. The molecule has 4 aromatic heterocycles. The molecule has 12 aromatic rings. The van der Waals surface area contributed by atoms with Crippen molar-refractivity contribution in [2.75, 3.05) is 0 Å². The summed E-state index contributed by atoms with van der Waals surface area (Å²) < 4.78 is 11.3. The third kappa shape index (κ3) is 3.93. The van der Waals surface area contributed by atoms with Crippen LogP contribution in [0, 0.1) is 0 Å². The molecule has 244 valence electrons. The Morgan fingerprint density at radius 1 is 0.481 bits per heavy atom. The quantitative estimate of drug-likeness (QED) is 0.180. The van der Waals surface area contributed by atoms with Gasteiger partial charge in [0, 0.05) is 47.3 Å². The van der Waals surface area contributed by atoms with Crippen LogP contribution in [0.2, 0.25) is 0 Å². The van der Waals surface area contributed by atoms with Crippen LogP contribution < -0.4 is 0 Å². The van der Waals surface area contributed by atoms with E-state index in [-0.39, 0.29) is 13.5 Å². The highest BCUT2D eigenvalue weighted by Crippen LogP contribution is 2.45. The molecule has 0 radical (unpaired) electrons. The Kier molecular flexibility index (Phi) is 6.18. The molecule has 0 amide bonds. The topological polar surface area (TPSA) is 43.9 Å². The molecule has 0 N–H and O–H groups in total. The Morgan fingerprint density at radius 2 is 1.19 bits per heavy atom. The van der Waals surface area contributed by atoms with Crippen LogP contribution in [0.5, 0.6) is 0 Å².